The molecule has 2 amide bonds. The zero-order valence-electron chi connectivity index (χ0n) is 15.0. The van der Waals surface area contributed by atoms with E-state index in [1.54, 1.807) is 0 Å². The number of nitrogens with one attached hydrogen (secondary N) is 2. The molecule has 3 rings (SSSR count). The predicted octanol–water partition coefficient (Wildman–Crippen LogP) is 3.29. The minimum atomic E-state index is -4.72. The number of halogens is 3. The number of alkyl halides is 3. The highest BCUT2D eigenvalue weighted by Crippen LogP contribution is 2.37. The van der Waals surface area contributed by atoms with Crippen LogP contribution in [0, 0.1) is 0 Å². The minimum absolute atomic E-state index is 0.0235. The third-order valence-corrected chi connectivity index (χ3v) is 4.28. The van der Waals surface area contributed by atoms with Gasteiger partial charge in [-0.3, -0.25) is 14.3 Å². The van der Waals surface area contributed by atoms with E-state index in [0.29, 0.717) is 19.6 Å². The van der Waals surface area contributed by atoms with Gasteiger partial charge in [0.2, 0.25) is 0 Å². The third-order valence-electron chi connectivity index (χ3n) is 4.28. The molecule has 1 aliphatic rings. The lowest BCUT2D eigenvalue weighted by Gasteiger charge is -2.16. The normalized spacial score (nSPS) is 16.8. The van der Waals surface area contributed by atoms with Crippen molar-refractivity contribution in [2.75, 3.05) is 17.2 Å². The van der Waals surface area contributed by atoms with Gasteiger partial charge < -0.3 is 15.4 Å². The number of carbonyl (C=O) groups is 2. The average molecular weight is 396 g/mol. The first-order chi connectivity index (χ1) is 13.3. The summed E-state index contributed by atoms with van der Waals surface area (Å²) >= 11 is 0. The molecule has 0 spiro atoms. The van der Waals surface area contributed by atoms with Crippen molar-refractivity contribution in [2.24, 2.45) is 0 Å². The average Bonchev–Trinajstić information content (AvgIpc) is 3.34. The second-order valence-corrected chi connectivity index (χ2v) is 6.29. The predicted molar refractivity (Wildman–Crippen MR) is 94.9 cm³/mol. The summed E-state index contributed by atoms with van der Waals surface area (Å²) < 4.78 is 47.1. The van der Waals surface area contributed by atoms with Crippen LogP contribution in [0.2, 0.25) is 0 Å². The minimum Gasteiger partial charge on any atom is -0.368 e. The van der Waals surface area contributed by atoms with Crippen molar-refractivity contribution in [2.45, 2.75) is 38.6 Å². The summed E-state index contributed by atoms with van der Waals surface area (Å²) in [6.07, 6.45) is -1.41. The van der Waals surface area contributed by atoms with E-state index in [-0.39, 0.29) is 11.3 Å². The Bertz CT molecular complexity index is 873. The highest BCUT2D eigenvalue weighted by Gasteiger charge is 2.35. The van der Waals surface area contributed by atoms with Gasteiger partial charge in [-0.1, -0.05) is 0 Å². The van der Waals surface area contributed by atoms with E-state index in [1.165, 1.54) is 23.1 Å². The number of anilines is 2. The zero-order chi connectivity index (χ0) is 20.3. The number of aromatic nitrogens is 2. The molecule has 0 bridgehead atoms. The molecule has 1 aliphatic heterocycles. The molecule has 0 aliphatic carbocycles. The standard InChI is InChI=1S/C18H19F3N4O3/c1-2-25-10-11(9-22-25)16(26)24-14-6-5-12(8-13(14)18(19,20)21)23-17(27)15-4-3-7-28-15/h5-6,8-10,15H,2-4,7H2,1H3,(H,23,27)(H,24,26). The maximum atomic E-state index is 13.5. The van der Waals surface area contributed by atoms with E-state index in [4.69, 9.17) is 4.74 Å². The van der Waals surface area contributed by atoms with Gasteiger partial charge in [-0.05, 0) is 38.0 Å². The monoisotopic (exact) mass is 396 g/mol. The maximum Gasteiger partial charge on any atom is 0.418 e. The molecular formula is C18H19F3N4O3. The van der Waals surface area contributed by atoms with E-state index in [0.717, 1.165) is 18.6 Å². The van der Waals surface area contributed by atoms with Gasteiger partial charge in [-0.25, -0.2) is 0 Å². The molecule has 1 unspecified atom stereocenters. The molecule has 0 saturated carbocycles. The summed E-state index contributed by atoms with van der Waals surface area (Å²) in [5.74, 6) is -1.20. The number of amides is 2. The fourth-order valence-electron chi connectivity index (χ4n) is 2.82. The van der Waals surface area contributed by atoms with Gasteiger partial charge in [0.25, 0.3) is 11.8 Å². The molecule has 1 atom stereocenters. The molecular weight excluding hydrogens is 377 g/mol. The number of aryl methyl sites for hydroxylation is 1. The van der Waals surface area contributed by atoms with Gasteiger partial charge in [0, 0.05) is 25.0 Å². The first-order valence-electron chi connectivity index (χ1n) is 8.75. The van der Waals surface area contributed by atoms with Crippen LogP contribution in [0.4, 0.5) is 24.5 Å². The van der Waals surface area contributed by atoms with Crippen LogP contribution >= 0.6 is 0 Å². The highest BCUT2D eigenvalue weighted by atomic mass is 19.4. The number of ether oxygens (including phenoxy) is 1. The van der Waals surface area contributed by atoms with Gasteiger partial charge in [0.15, 0.2) is 0 Å². The number of nitrogens with zero attached hydrogens (tertiary/aromatic N) is 2. The van der Waals surface area contributed by atoms with Crippen LogP contribution in [0.25, 0.3) is 0 Å². The molecule has 1 aromatic heterocycles. The molecule has 7 nitrogen and oxygen atoms in total. The lowest BCUT2D eigenvalue weighted by Crippen LogP contribution is -2.27. The Morgan fingerprint density at radius 2 is 2.11 bits per heavy atom. The molecule has 28 heavy (non-hydrogen) atoms. The Kier molecular flexibility index (Phi) is 5.68. The topological polar surface area (TPSA) is 85.2 Å². The van der Waals surface area contributed by atoms with Crippen molar-refractivity contribution in [3.05, 3.63) is 41.7 Å². The Balaban J connectivity index is 1.80. The van der Waals surface area contributed by atoms with Gasteiger partial charge in [0.05, 0.1) is 23.0 Å². The van der Waals surface area contributed by atoms with Crippen LogP contribution in [0.1, 0.15) is 35.7 Å². The van der Waals surface area contributed by atoms with Crippen molar-refractivity contribution >= 4 is 23.2 Å². The SMILES string of the molecule is CCn1cc(C(=O)Nc2ccc(NC(=O)C3CCCO3)cc2C(F)(F)F)cn1. The van der Waals surface area contributed by atoms with E-state index in [2.05, 4.69) is 15.7 Å². The van der Waals surface area contributed by atoms with Crippen molar-refractivity contribution in [1.29, 1.82) is 0 Å². The van der Waals surface area contributed by atoms with E-state index < -0.39 is 35.3 Å². The van der Waals surface area contributed by atoms with Crippen molar-refractivity contribution in [3.63, 3.8) is 0 Å². The summed E-state index contributed by atoms with van der Waals surface area (Å²) in [4.78, 5) is 24.3. The Hall–Kier alpha value is -2.88. The van der Waals surface area contributed by atoms with Gasteiger partial charge in [0.1, 0.15) is 6.10 Å². The lowest BCUT2D eigenvalue weighted by atomic mass is 10.1. The summed E-state index contributed by atoms with van der Waals surface area (Å²) in [5, 5.41) is 8.61. The molecule has 150 valence electrons. The van der Waals surface area contributed by atoms with Gasteiger partial charge in [-0.2, -0.15) is 18.3 Å². The van der Waals surface area contributed by atoms with Crippen LogP contribution in [0.15, 0.2) is 30.6 Å². The Morgan fingerprint density at radius 1 is 1.32 bits per heavy atom. The Morgan fingerprint density at radius 3 is 2.71 bits per heavy atom. The molecule has 2 heterocycles. The van der Waals surface area contributed by atoms with E-state index >= 15 is 0 Å². The smallest absolute Gasteiger partial charge is 0.368 e. The van der Waals surface area contributed by atoms with E-state index in [9.17, 15) is 22.8 Å². The third kappa shape index (κ3) is 4.50. The van der Waals surface area contributed by atoms with Crippen molar-refractivity contribution in [1.82, 2.24) is 9.78 Å². The summed E-state index contributed by atoms with van der Waals surface area (Å²) in [6, 6.07) is 3.20. The number of hydrogen-bond acceptors (Lipinski definition) is 4. The Labute approximate surface area is 158 Å². The summed E-state index contributed by atoms with van der Waals surface area (Å²) in [7, 11) is 0. The zero-order valence-corrected chi connectivity index (χ0v) is 15.0. The lowest BCUT2D eigenvalue weighted by molar-refractivity contribution is -0.137. The highest BCUT2D eigenvalue weighted by molar-refractivity contribution is 6.04. The first kappa shape index (κ1) is 19.9. The van der Waals surface area contributed by atoms with Crippen LogP contribution in [0.3, 0.4) is 0 Å². The largest absolute Gasteiger partial charge is 0.418 e. The number of benzene rings is 1. The van der Waals surface area contributed by atoms with E-state index in [1.807, 2.05) is 6.92 Å². The van der Waals surface area contributed by atoms with Gasteiger partial charge >= 0.3 is 6.18 Å². The second-order valence-electron chi connectivity index (χ2n) is 6.29. The molecule has 2 N–H and O–H groups in total. The first-order valence-corrected chi connectivity index (χ1v) is 8.75. The van der Waals surface area contributed by atoms with Crippen LogP contribution in [0.5, 0.6) is 0 Å². The molecule has 1 aromatic carbocycles. The van der Waals surface area contributed by atoms with Crippen LogP contribution < -0.4 is 10.6 Å². The summed E-state index contributed by atoms with van der Waals surface area (Å²) in [6.45, 7) is 2.80. The molecule has 10 heteroatoms. The van der Waals surface area contributed by atoms with Crippen LogP contribution in [-0.4, -0.2) is 34.3 Å². The van der Waals surface area contributed by atoms with Crippen LogP contribution in [-0.2, 0) is 22.3 Å². The second kappa shape index (κ2) is 8.01. The number of carbonyl (C=O) groups excluding carboxylic acids is 2. The molecule has 0 radical (unpaired) electrons. The fourth-order valence-corrected chi connectivity index (χ4v) is 2.82. The molecule has 2 aromatic rings. The maximum absolute atomic E-state index is 13.5. The van der Waals surface area contributed by atoms with Crippen molar-refractivity contribution < 1.29 is 27.5 Å². The van der Waals surface area contributed by atoms with Crippen molar-refractivity contribution in [3.8, 4) is 0 Å². The number of rotatable bonds is 5. The summed E-state index contributed by atoms with van der Waals surface area (Å²) in [5.41, 5.74) is -1.35. The molecule has 1 fully saturated rings. The molecule has 1 saturated heterocycles. The van der Waals surface area contributed by atoms with Gasteiger partial charge in [-0.15, -0.1) is 0 Å². The quantitative estimate of drug-likeness (QED) is 0.812. The number of hydrogen-bond donors (Lipinski definition) is 2. The fraction of sp³-hybridized carbons (Fsp3) is 0.389.